The van der Waals surface area contributed by atoms with Gasteiger partial charge in [-0.15, -0.1) is 0 Å². The van der Waals surface area contributed by atoms with Crippen molar-refractivity contribution in [2.45, 2.75) is 39.2 Å². The van der Waals surface area contributed by atoms with E-state index < -0.39 is 6.03 Å². The van der Waals surface area contributed by atoms with Gasteiger partial charge in [0.1, 0.15) is 0 Å². The van der Waals surface area contributed by atoms with E-state index in [1.54, 1.807) is 12.1 Å². The van der Waals surface area contributed by atoms with Crippen LogP contribution in [0.5, 0.6) is 0 Å². The number of benzene rings is 1. The summed E-state index contributed by atoms with van der Waals surface area (Å²) in [6, 6.07) is 8.83. The summed E-state index contributed by atoms with van der Waals surface area (Å²) in [5, 5.41) is 11.3. The van der Waals surface area contributed by atoms with Crippen molar-refractivity contribution < 1.29 is 9.59 Å². The number of urea groups is 1. The van der Waals surface area contributed by atoms with Gasteiger partial charge in [-0.3, -0.25) is 4.79 Å². The molecule has 0 unspecified atom stereocenters. The lowest BCUT2D eigenvalue weighted by Gasteiger charge is -2.22. The third kappa shape index (κ3) is 7.32. The largest absolute Gasteiger partial charge is 0.352 e. The zero-order chi connectivity index (χ0) is 17.1. The van der Waals surface area contributed by atoms with Crippen molar-refractivity contribution >= 4 is 11.9 Å². The van der Waals surface area contributed by atoms with E-state index in [1.807, 2.05) is 24.0 Å². The van der Waals surface area contributed by atoms with E-state index in [4.69, 9.17) is 11.0 Å². The lowest BCUT2D eigenvalue weighted by Crippen LogP contribution is -2.32. The van der Waals surface area contributed by atoms with Crippen molar-refractivity contribution in [3.63, 3.8) is 0 Å². The number of nitrogens with zero attached hydrogens (tertiary/aromatic N) is 2. The van der Waals surface area contributed by atoms with Gasteiger partial charge in [0.15, 0.2) is 0 Å². The number of carbonyl (C=O) groups excluding carboxylic acids is 2. The lowest BCUT2D eigenvalue weighted by atomic mass is 10.1. The Morgan fingerprint density at radius 3 is 2.52 bits per heavy atom. The number of amides is 3. The van der Waals surface area contributed by atoms with Crippen LogP contribution in [0, 0.1) is 11.3 Å². The van der Waals surface area contributed by atoms with Crippen molar-refractivity contribution in [3.05, 3.63) is 35.4 Å². The van der Waals surface area contributed by atoms with E-state index in [9.17, 15) is 9.59 Å². The second-order valence-corrected chi connectivity index (χ2v) is 5.37. The maximum absolute atomic E-state index is 12.3. The molecule has 0 heterocycles. The Morgan fingerprint density at radius 1 is 1.26 bits per heavy atom. The monoisotopic (exact) mass is 316 g/mol. The molecule has 0 aliphatic carbocycles. The SMILES string of the molecule is CCCN(Cc1ccc(C#N)cc1)C(=O)CCCCNC(N)=O. The maximum atomic E-state index is 12.3. The summed E-state index contributed by atoms with van der Waals surface area (Å²) in [5.41, 5.74) is 6.61. The molecule has 1 rings (SSSR count). The summed E-state index contributed by atoms with van der Waals surface area (Å²) in [7, 11) is 0. The number of primary amides is 1. The highest BCUT2D eigenvalue weighted by atomic mass is 16.2. The molecule has 1 aromatic rings. The Labute approximate surface area is 137 Å². The first-order valence-electron chi connectivity index (χ1n) is 7.87. The molecule has 0 saturated carbocycles. The van der Waals surface area contributed by atoms with Crippen LogP contribution in [-0.4, -0.2) is 29.9 Å². The molecule has 6 heteroatoms. The van der Waals surface area contributed by atoms with Crippen LogP contribution in [0.4, 0.5) is 4.79 Å². The van der Waals surface area contributed by atoms with Gasteiger partial charge in [-0.05, 0) is 37.0 Å². The van der Waals surface area contributed by atoms with E-state index >= 15 is 0 Å². The predicted octanol–water partition coefficient (Wildman–Crippen LogP) is 2.14. The van der Waals surface area contributed by atoms with Crippen molar-refractivity contribution in [3.8, 4) is 6.07 Å². The van der Waals surface area contributed by atoms with Gasteiger partial charge in [0.25, 0.3) is 0 Å². The number of rotatable bonds is 9. The minimum Gasteiger partial charge on any atom is -0.352 e. The van der Waals surface area contributed by atoms with Gasteiger partial charge in [-0.1, -0.05) is 19.1 Å². The molecule has 124 valence electrons. The molecule has 0 radical (unpaired) electrons. The maximum Gasteiger partial charge on any atom is 0.312 e. The molecule has 6 nitrogen and oxygen atoms in total. The number of carbonyl (C=O) groups is 2. The molecule has 0 aromatic heterocycles. The second-order valence-electron chi connectivity index (χ2n) is 5.37. The highest BCUT2D eigenvalue weighted by Gasteiger charge is 2.12. The number of hydrogen-bond acceptors (Lipinski definition) is 3. The summed E-state index contributed by atoms with van der Waals surface area (Å²) in [6.45, 7) is 3.79. The van der Waals surface area contributed by atoms with E-state index in [1.165, 1.54) is 0 Å². The van der Waals surface area contributed by atoms with Crippen LogP contribution in [0.2, 0.25) is 0 Å². The number of nitrogens with one attached hydrogen (secondary N) is 1. The quantitative estimate of drug-likeness (QED) is 0.683. The fraction of sp³-hybridized carbons (Fsp3) is 0.471. The van der Waals surface area contributed by atoms with Crippen LogP contribution >= 0.6 is 0 Å². The van der Waals surface area contributed by atoms with Gasteiger partial charge in [-0.2, -0.15) is 5.26 Å². The molecule has 1 aromatic carbocycles. The van der Waals surface area contributed by atoms with Gasteiger partial charge in [0, 0.05) is 26.1 Å². The van der Waals surface area contributed by atoms with E-state index in [0.717, 1.165) is 18.4 Å². The first-order valence-corrected chi connectivity index (χ1v) is 7.87. The van der Waals surface area contributed by atoms with Crippen LogP contribution < -0.4 is 11.1 Å². The lowest BCUT2D eigenvalue weighted by molar-refractivity contribution is -0.132. The molecule has 3 N–H and O–H groups in total. The summed E-state index contributed by atoms with van der Waals surface area (Å²) < 4.78 is 0. The summed E-state index contributed by atoms with van der Waals surface area (Å²) in [5.74, 6) is 0.107. The Hall–Kier alpha value is -2.55. The average Bonchev–Trinajstić information content (AvgIpc) is 2.54. The molecular weight excluding hydrogens is 292 g/mol. The van der Waals surface area contributed by atoms with Crippen molar-refractivity contribution in [2.75, 3.05) is 13.1 Å². The molecule has 0 saturated heterocycles. The van der Waals surface area contributed by atoms with Crippen molar-refractivity contribution in [2.24, 2.45) is 5.73 Å². The zero-order valence-electron chi connectivity index (χ0n) is 13.5. The highest BCUT2D eigenvalue weighted by Crippen LogP contribution is 2.10. The molecule has 23 heavy (non-hydrogen) atoms. The molecular formula is C17H24N4O2. The minimum absolute atomic E-state index is 0.107. The van der Waals surface area contributed by atoms with Gasteiger partial charge in [0.05, 0.1) is 11.6 Å². The molecule has 0 spiro atoms. The Bertz CT molecular complexity index is 549. The van der Waals surface area contributed by atoms with Crippen molar-refractivity contribution in [1.29, 1.82) is 5.26 Å². The van der Waals surface area contributed by atoms with Crippen LogP contribution in [0.3, 0.4) is 0 Å². The first-order chi connectivity index (χ1) is 11.1. The summed E-state index contributed by atoms with van der Waals surface area (Å²) >= 11 is 0. The predicted molar refractivity (Wildman–Crippen MR) is 88.3 cm³/mol. The van der Waals surface area contributed by atoms with Gasteiger partial charge < -0.3 is 16.0 Å². The zero-order valence-corrected chi connectivity index (χ0v) is 13.5. The average molecular weight is 316 g/mol. The van der Waals surface area contributed by atoms with E-state index in [0.29, 0.717) is 38.0 Å². The number of nitrogens with two attached hydrogens (primary N) is 1. The number of hydrogen-bond donors (Lipinski definition) is 2. The fourth-order valence-corrected chi connectivity index (χ4v) is 2.24. The summed E-state index contributed by atoms with van der Waals surface area (Å²) in [4.78, 5) is 24.7. The molecule has 0 fully saturated rings. The topological polar surface area (TPSA) is 99.2 Å². The number of unbranched alkanes of at least 4 members (excludes halogenated alkanes) is 1. The Kier molecular flexibility index (Phi) is 8.22. The highest BCUT2D eigenvalue weighted by molar-refractivity contribution is 5.76. The Balaban J connectivity index is 2.47. The van der Waals surface area contributed by atoms with Gasteiger partial charge in [0.2, 0.25) is 5.91 Å². The van der Waals surface area contributed by atoms with E-state index in [2.05, 4.69) is 11.4 Å². The summed E-state index contributed by atoms with van der Waals surface area (Å²) in [6.07, 6.45) is 2.79. The van der Waals surface area contributed by atoms with Crippen LogP contribution in [0.1, 0.15) is 43.7 Å². The minimum atomic E-state index is -0.537. The van der Waals surface area contributed by atoms with Crippen LogP contribution in [-0.2, 0) is 11.3 Å². The standard InChI is InChI=1S/C17H24N4O2/c1-2-11-21(13-15-8-6-14(12-18)7-9-15)16(22)5-3-4-10-20-17(19)23/h6-9H,2-5,10-11,13H2,1H3,(H3,19,20,23). The molecule has 3 amide bonds. The van der Waals surface area contributed by atoms with Crippen molar-refractivity contribution in [1.82, 2.24) is 10.2 Å². The molecule has 0 aliphatic heterocycles. The number of nitriles is 1. The third-order valence-electron chi connectivity index (χ3n) is 3.42. The third-order valence-corrected chi connectivity index (χ3v) is 3.42. The molecule has 0 aliphatic rings. The van der Waals surface area contributed by atoms with Gasteiger partial charge in [-0.25, -0.2) is 4.79 Å². The normalized spacial score (nSPS) is 9.91. The smallest absolute Gasteiger partial charge is 0.312 e. The molecule has 0 bridgehead atoms. The second kappa shape index (κ2) is 10.2. The van der Waals surface area contributed by atoms with E-state index in [-0.39, 0.29) is 5.91 Å². The molecule has 0 atom stereocenters. The first kappa shape index (κ1) is 18.5. The fourth-order valence-electron chi connectivity index (χ4n) is 2.24. The van der Waals surface area contributed by atoms with Gasteiger partial charge >= 0.3 is 6.03 Å². The van der Waals surface area contributed by atoms with Crippen LogP contribution in [0.15, 0.2) is 24.3 Å². The Morgan fingerprint density at radius 2 is 1.96 bits per heavy atom. The van der Waals surface area contributed by atoms with Crippen LogP contribution in [0.25, 0.3) is 0 Å².